The van der Waals surface area contributed by atoms with Crippen molar-refractivity contribution in [2.75, 3.05) is 17.6 Å². The Kier molecular flexibility index (Phi) is 3.95. The van der Waals surface area contributed by atoms with Gasteiger partial charge in [-0.2, -0.15) is 0 Å². The standard InChI is InChI=1S/C9H15ClN4/c1-3-6(2)5-12-8-4-7(11)13-9(10)14-8/h4,6H,3,5H2,1-2H3,(H3,11,12,13,14)/t6-/m1/s1. The van der Waals surface area contributed by atoms with E-state index in [1.165, 1.54) is 0 Å². The van der Waals surface area contributed by atoms with Gasteiger partial charge in [-0.15, -0.1) is 0 Å². The van der Waals surface area contributed by atoms with E-state index in [4.69, 9.17) is 17.3 Å². The first-order valence-corrected chi connectivity index (χ1v) is 5.03. The molecule has 14 heavy (non-hydrogen) atoms. The van der Waals surface area contributed by atoms with Crippen LogP contribution in [0.5, 0.6) is 0 Å². The summed E-state index contributed by atoms with van der Waals surface area (Å²) in [5.41, 5.74) is 5.52. The quantitative estimate of drug-likeness (QED) is 0.755. The highest BCUT2D eigenvalue weighted by atomic mass is 35.5. The molecule has 1 aromatic heterocycles. The fraction of sp³-hybridized carbons (Fsp3) is 0.556. The molecule has 1 rings (SSSR count). The zero-order valence-corrected chi connectivity index (χ0v) is 9.17. The van der Waals surface area contributed by atoms with E-state index in [1.54, 1.807) is 6.07 Å². The molecule has 0 radical (unpaired) electrons. The van der Waals surface area contributed by atoms with Crippen molar-refractivity contribution in [3.63, 3.8) is 0 Å². The maximum absolute atomic E-state index is 5.66. The molecule has 1 heterocycles. The van der Waals surface area contributed by atoms with E-state index in [0.717, 1.165) is 13.0 Å². The van der Waals surface area contributed by atoms with E-state index in [-0.39, 0.29) is 5.28 Å². The number of nitrogen functional groups attached to an aromatic ring is 1. The van der Waals surface area contributed by atoms with Crippen molar-refractivity contribution in [1.82, 2.24) is 9.97 Å². The number of nitrogens with one attached hydrogen (secondary N) is 1. The topological polar surface area (TPSA) is 63.8 Å². The number of nitrogens with zero attached hydrogens (tertiary/aromatic N) is 2. The van der Waals surface area contributed by atoms with Crippen molar-refractivity contribution < 1.29 is 0 Å². The average molecular weight is 215 g/mol. The second-order valence-corrected chi connectivity index (χ2v) is 3.68. The minimum Gasteiger partial charge on any atom is -0.383 e. The van der Waals surface area contributed by atoms with Gasteiger partial charge in [-0.05, 0) is 17.5 Å². The van der Waals surface area contributed by atoms with Crippen LogP contribution in [-0.2, 0) is 0 Å². The zero-order valence-electron chi connectivity index (χ0n) is 8.42. The third kappa shape index (κ3) is 3.38. The highest BCUT2D eigenvalue weighted by Crippen LogP contribution is 2.12. The van der Waals surface area contributed by atoms with Gasteiger partial charge in [0.1, 0.15) is 11.6 Å². The molecule has 0 unspecified atom stereocenters. The lowest BCUT2D eigenvalue weighted by Crippen LogP contribution is -2.11. The molecule has 0 aliphatic heterocycles. The van der Waals surface area contributed by atoms with Crippen LogP contribution in [0.2, 0.25) is 5.28 Å². The van der Waals surface area contributed by atoms with Crippen LogP contribution in [0.3, 0.4) is 0 Å². The molecule has 0 aliphatic carbocycles. The van der Waals surface area contributed by atoms with Gasteiger partial charge in [-0.25, -0.2) is 9.97 Å². The summed E-state index contributed by atoms with van der Waals surface area (Å²) in [6, 6.07) is 1.67. The maximum atomic E-state index is 5.66. The van der Waals surface area contributed by atoms with Crippen LogP contribution < -0.4 is 11.1 Å². The summed E-state index contributed by atoms with van der Waals surface area (Å²) in [4.78, 5) is 7.78. The lowest BCUT2D eigenvalue weighted by molar-refractivity contribution is 0.592. The van der Waals surface area contributed by atoms with E-state index in [2.05, 4.69) is 29.1 Å². The molecular formula is C9H15ClN4. The number of halogens is 1. The van der Waals surface area contributed by atoms with Gasteiger partial charge in [0.15, 0.2) is 0 Å². The van der Waals surface area contributed by atoms with Crippen molar-refractivity contribution >= 4 is 23.2 Å². The Morgan fingerprint density at radius 2 is 2.29 bits per heavy atom. The Hall–Kier alpha value is -1.03. The van der Waals surface area contributed by atoms with Gasteiger partial charge in [-0.3, -0.25) is 0 Å². The summed E-state index contributed by atoms with van der Waals surface area (Å²) in [6.07, 6.45) is 1.13. The molecule has 0 fully saturated rings. The third-order valence-corrected chi connectivity index (χ3v) is 2.22. The van der Waals surface area contributed by atoms with Crippen LogP contribution in [0.1, 0.15) is 20.3 Å². The van der Waals surface area contributed by atoms with E-state index >= 15 is 0 Å². The van der Waals surface area contributed by atoms with Gasteiger partial charge in [0.05, 0.1) is 0 Å². The van der Waals surface area contributed by atoms with E-state index in [0.29, 0.717) is 17.6 Å². The van der Waals surface area contributed by atoms with Gasteiger partial charge >= 0.3 is 0 Å². The molecule has 0 aromatic carbocycles. The summed E-state index contributed by atoms with van der Waals surface area (Å²) in [5.74, 6) is 1.67. The largest absolute Gasteiger partial charge is 0.383 e. The first kappa shape index (κ1) is 11.0. The Morgan fingerprint density at radius 3 is 2.86 bits per heavy atom. The van der Waals surface area contributed by atoms with Crippen LogP contribution in [0.4, 0.5) is 11.6 Å². The molecule has 0 aliphatic rings. The highest BCUT2D eigenvalue weighted by molar-refractivity contribution is 6.28. The molecule has 1 aromatic rings. The first-order valence-electron chi connectivity index (χ1n) is 4.65. The number of anilines is 2. The summed E-state index contributed by atoms with van der Waals surface area (Å²) < 4.78 is 0. The molecule has 0 saturated carbocycles. The molecule has 4 nitrogen and oxygen atoms in total. The summed E-state index contributed by atoms with van der Waals surface area (Å²) in [7, 11) is 0. The second kappa shape index (κ2) is 5.00. The zero-order chi connectivity index (χ0) is 10.6. The molecule has 0 bridgehead atoms. The van der Waals surface area contributed by atoms with Crippen LogP contribution in [-0.4, -0.2) is 16.5 Å². The summed E-state index contributed by atoms with van der Waals surface area (Å²) in [5, 5.41) is 3.34. The van der Waals surface area contributed by atoms with E-state index in [1.807, 2.05) is 0 Å². The lowest BCUT2D eigenvalue weighted by atomic mass is 10.1. The summed E-state index contributed by atoms with van der Waals surface area (Å²) in [6.45, 7) is 5.18. The molecule has 1 atom stereocenters. The number of nitrogens with two attached hydrogens (primary N) is 1. The Bertz CT molecular complexity index is 283. The molecule has 0 amide bonds. The van der Waals surface area contributed by atoms with Crippen LogP contribution in [0.25, 0.3) is 0 Å². The number of hydrogen-bond acceptors (Lipinski definition) is 4. The maximum Gasteiger partial charge on any atom is 0.226 e. The second-order valence-electron chi connectivity index (χ2n) is 3.34. The number of hydrogen-bond donors (Lipinski definition) is 2. The fourth-order valence-corrected chi connectivity index (χ4v) is 1.14. The van der Waals surface area contributed by atoms with Gasteiger partial charge in [-0.1, -0.05) is 20.3 Å². The number of rotatable bonds is 4. The van der Waals surface area contributed by atoms with Gasteiger partial charge in [0, 0.05) is 12.6 Å². The van der Waals surface area contributed by atoms with Crippen molar-refractivity contribution in [3.05, 3.63) is 11.3 Å². The lowest BCUT2D eigenvalue weighted by Gasteiger charge is -2.10. The van der Waals surface area contributed by atoms with Crippen molar-refractivity contribution in [2.24, 2.45) is 5.92 Å². The van der Waals surface area contributed by atoms with Crippen LogP contribution >= 0.6 is 11.6 Å². The molecule has 0 spiro atoms. The minimum absolute atomic E-state index is 0.177. The Balaban J connectivity index is 2.58. The molecule has 3 N–H and O–H groups in total. The highest BCUT2D eigenvalue weighted by Gasteiger charge is 2.02. The predicted octanol–water partition coefficient (Wildman–Crippen LogP) is 2.17. The Labute approximate surface area is 88.9 Å². The number of aromatic nitrogens is 2. The SMILES string of the molecule is CC[C@@H](C)CNc1cc(N)nc(Cl)n1. The molecule has 78 valence electrons. The summed E-state index contributed by atoms with van der Waals surface area (Å²) >= 11 is 5.66. The average Bonchev–Trinajstić information content (AvgIpc) is 2.12. The third-order valence-electron chi connectivity index (χ3n) is 2.05. The van der Waals surface area contributed by atoms with Crippen molar-refractivity contribution in [1.29, 1.82) is 0 Å². The van der Waals surface area contributed by atoms with Crippen molar-refractivity contribution in [3.8, 4) is 0 Å². The molecule has 5 heteroatoms. The predicted molar refractivity (Wildman–Crippen MR) is 59.4 cm³/mol. The first-order chi connectivity index (χ1) is 6.61. The van der Waals surface area contributed by atoms with E-state index < -0.39 is 0 Å². The normalized spacial score (nSPS) is 12.5. The Morgan fingerprint density at radius 1 is 1.57 bits per heavy atom. The molecule has 0 saturated heterocycles. The minimum atomic E-state index is 0.177. The van der Waals surface area contributed by atoms with Crippen molar-refractivity contribution in [2.45, 2.75) is 20.3 Å². The van der Waals surface area contributed by atoms with Crippen LogP contribution in [0.15, 0.2) is 6.07 Å². The fourth-order valence-electron chi connectivity index (χ4n) is 0.949. The monoisotopic (exact) mass is 214 g/mol. The smallest absolute Gasteiger partial charge is 0.226 e. The van der Waals surface area contributed by atoms with Gasteiger partial charge in [0.2, 0.25) is 5.28 Å². The van der Waals surface area contributed by atoms with E-state index in [9.17, 15) is 0 Å². The molecular weight excluding hydrogens is 200 g/mol. The van der Waals surface area contributed by atoms with Crippen LogP contribution in [0, 0.1) is 5.92 Å². The van der Waals surface area contributed by atoms with Gasteiger partial charge in [0.25, 0.3) is 0 Å². The van der Waals surface area contributed by atoms with Gasteiger partial charge < -0.3 is 11.1 Å².